The topological polar surface area (TPSA) is 55.1 Å². The van der Waals surface area contributed by atoms with Crippen LogP contribution in [0.15, 0.2) is 18.6 Å². The molecule has 1 unspecified atom stereocenters. The molecule has 78 valence electrons. The lowest BCUT2D eigenvalue weighted by Gasteiger charge is -2.07. The third-order valence-corrected chi connectivity index (χ3v) is 2.88. The molecule has 2 aromatic rings. The molecule has 2 aromatic heterocycles. The second-order valence-electron chi connectivity index (χ2n) is 3.92. The van der Waals surface area contributed by atoms with E-state index >= 15 is 0 Å². The third-order valence-electron chi connectivity index (χ3n) is 2.88. The van der Waals surface area contributed by atoms with Gasteiger partial charge in [-0.1, -0.05) is 0 Å². The summed E-state index contributed by atoms with van der Waals surface area (Å²) in [5.74, 6) is 0.998. The summed E-state index contributed by atoms with van der Waals surface area (Å²) in [5, 5.41) is 11.8. The second-order valence-corrected chi connectivity index (χ2v) is 3.92. The molecule has 1 saturated heterocycles. The minimum absolute atomic E-state index is 0.553. The molecule has 0 spiro atoms. The van der Waals surface area contributed by atoms with Gasteiger partial charge >= 0.3 is 0 Å². The maximum Gasteiger partial charge on any atom is 0.163 e. The van der Waals surface area contributed by atoms with E-state index in [4.69, 9.17) is 0 Å². The van der Waals surface area contributed by atoms with Crippen LogP contribution in [0.1, 0.15) is 18.7 Å². The highest BCUT2D eigenvalue weighted by molar-refractivity contribution is 5.35. The Morgan fingerprint density at radius 1 is 1.47 bits per heavy atom. The van der Waals surface area contributed by atoms with Gasteiger partial charge in [-0.3, -0.25) is 4.40 Å². The highest BCUT2D eigenvalue weighted by Crippen LogP contribution is 2.11. The summed E-state index contributed by atoms with van der Waals surface area (Å²) in [5.41, 5.74) is 0.873. The van der Waals surface area contributed by atoms with Crippen molar-refractivity contribution in [2.24, 2.45) is 0 Å². The zero-order valence-electron chi connectivity index (χ0n) is 8.43. The van der Waals surface area contributed by atoms with E-state index in [-0.39, 0.29) is 0 Å². The van der Waals surface area contributed by atoms with E-state index in [0.717, 1.165) is 24.4 Å². The lowest BCUT2D eigenvalue weighted by molar-refractivity contribution is 0.581. The van der Waals surface area contributed by atoms with Gasteiger partial charge in [-0.05, 0) is 19.4 Å². The molecular formula is C10H13N5. The van der Waals surface area contributed by atoms with E-state index in [2.05, 4.69) is 20.5 Å². The molecule has 5 nitrogen and oxygen atoms in total. The quantitative estimate of drug-likeness (QED) is 0.768. The summed E-state index contributed by atoms with van der Waals surface area (Å²) in [6, 6.07) is 2.43. The van der Waals surface area contributed by atoms with Crippen LogP contribution < -0.4 is 5.32 Å². The van der Waals surface area contributed by atoms with Crippen molar-refractivity contribution in [2.45, 2.75) is 25.3 Å². The molecule has 0 aromatic carbocycles. The fourth-order valence-electron chi connectivity index (χ4n) is 2.08. The normalized spacial score (nSPS) is 21.2. The number of hydrogen-bond acceptors (Lipinski definition) is 4. The summed E-state index contributed by atoms with van der Waals surface area (Å²) < 4.78 is 1.96. The van der Waals surface area contributed by atoms with Gasteiger partial charge in [0.05, 0.1) is 0 Å². The average Bonchev–Trinajstić information content (AvgIpc) is 2.89. The second kappa shape index (κ2) is 3.58. The maximum atomic E-state index is 4.19. The number of hydrogen-bond donors (Lipinski definition) is 1. The van der Waals surface area contributed by atoms with Gasteiger partial charge in [0.2, 0.25) is 0 Å². The van der Waals surface area contributed by atoms with Gasteiger partial charge in [-0.2, -0.15) is 0 Å². The first-order valence-corrected chi connectivity index (χ1v) is 5.30. The first-order chi connectivity index (χ1) is 7.43. The molecule has 15 heavy (non-hydrogen) atoms. The molecule has 0 saturated carbocycles. The van der Waals surface area contributed by atoms with Crippen molar-refractivity contribution in [3.63, 3.8) is 0 Å². The van der Waals surface area contributed by atoms with Crippen LogP contribution >= 0.6 is 0 Å². The van der Waals surface area contributed by atoms with Gasteiger partial charge in [-0.15, -0.1) is 10.2 Å². The van der Waals surface area contributed by atoms with Crippen molar-refractivity contribution in [3.05, 3.63) is 24.4 Å². The van der Waals surface area contributed by atoms with Crippen molar-refractivity contribution in [2.75, 3.05) is 6.54 Å². The Balaban J connectivity index is 1.90. The molecule has 5 heteroatoms. The highest BCUT2D eigenvalue weighted by atomic mass is 15.3. The summed E-state index contributed by atoms with van der Waals surface area (Å²) in [4.78, 5) is 4.08. The van der Waals surface area contributed by atoms with Crippen molar-refractivity contribution in [1.29, 1.82) is 0 Å². The van der Waals surface area contributed by atoms with Gasteiger partial charge in [0, 0.05) is 24.7 Å². The molecule has 0 aliphatic carbocycles. The molecule has 3 rings (SSSR count). The van der Waals surface area contributed by atoms with Crippen molar-refractivity contribution >= 4 is 5.65 Å². The Bertz CT molecular complexity index is 458. The van der Waals surface area contributed by atoms with Crippen LogP contribution in [0.2, 0.25) is 0 Å². The third kappa shape index (κ3) is 1.59. The molecule has 0 radical (unpaired) electrons. The molecule has 1 aliphatic heterocycles. The molecule has 1 fully saturated rings. The molecule has 0 bridgehead atoms. The van der Waals surface area contributed by atoms with Crippen LogP contribution in [0, 0.1) is 0 Å². The zero-order valence-corrected chi connectivity index (χ0v) is 8.43. The van der Waals surface area contributed by atoms with E-state index in [9.17, 15) is 0 Å². The Labute approximate surface area is 87.5 Å². The van der Waals surface area contributed by atoms with Crippen LogP contribution in [0.4, 0.5) is 0 Å². The summed E-state index contributed by atoms with van der Waals surface area (Å²) >= 11 is 0. The van der Waals surface area contributed by atoms with E-state index in [1.807, 2.05) is 10.5 Å². The van der Waals surface area contributed by atoms with Crippen LogP contribution in [-0.4, -0.2) is 32.2 Å². The maximum absolute atomic E-state index is 4.19. The largest absolute Gasteiger partial charge is 0.314 e. The summed E-state index contributed by atoms with van der Waals surface area (Å²) in [7, 11) is 0. The van der Waals surface area contributed by atoms with Gasteiger partial charge in [0.25, 0.3) is 0 Å². The number of fused-ring (bicyclic) bond motifs is 1. The first-order valence-electron chi connectivity index (χ1n) is 5.30. The van der Waals surface area contributed by atoms with Crippen LogP contribution in [0.25, 0.3) is 5.65 Å². The Morgan fingerprint density at radius 2 is 2.47 bits per heavy atom. The Hall–Kier alpha value is -1.49. The first kappa shape index (κ1) is 8.79. The minimum Gasteiger partial charge on any atom is -0.314 e. The lowest BCUT2D eigenvalue weighted by Crippen LogP contribution is -2.24. The van der Waals surface area contributed by atoms with Crippen LogP contribution in [0.3, 0.4) is 0 Å². The standard InChI is InChI=1S/C10H13N5/c1-2-8(12-4-1)6-10-14-13-9-3-5-11-7-15(9)10/h3,5,7-8,12H,1-2,4,6H2. The smallest absolute Gasteiger partial charge is 0.163 e. The van der Waals surface area contributed by atoms with Gasteiger partial charge in [-0.25, -0.2) is 4.98 Å². The Kier molecular flexibility index (Phi) is 2.10. The van der Waals surface area contributed by atoms with Crippen molar-refractivity contribution in [3.8, 4) is 0 Å². The van der Waals surface area contributed by atoms with Gasteiger partial charge < -0.3 is 5.32 Å². The lowest BCUT2D eigenvalue weighted by atomic mass is 10.1. The zero-order chi connectivity index (χ0) is 10.1. The average molecular weight is 203 g/mol. The predicted octanol–water partition coefficient (Wildman–Crippen LogP) is 0.419. The Morgan fingerprint density at radius 3 is 3.33 bits per heavy atom. The van der Waals surface area contributed by atoms with E-state index in [0.29, 0.717) is 6.04 Å². The monoisotopic (exact) mass is 203 g/mol. The highest BCUT2D eigenvalue weighted by Gasteiger charge is 2.17. The SMILES string of the molecule is c1cc2nnc(CC3CCCN3)n2cn1. The molecule has 1 N–H and O–H groups in total. The molecule has 1 aliphatic rings. The van der Waals surface area contributed by atoms with Crippen LogP contribution in [-0.2, 0) is 6.42 Å². The molecular weight excluding hydrogens is 190 g/mol. The van der Waals surface area contributed by atoms with Crippen molar-refractivity contribution in [1.82, 2.24) is 24.9 Å². The number of nitrogens with zero attached hydrogens (tertiary/aromatic N) is 4. The number of nitrogens with one attached hydrogen (secondary N) is 1. The fraction of sp³-hybridized carbons (Fsp3) is 0.500. The van der Waals surface area contributed by atoms with E-state index in [1.165, 1.54) is 12.8 Å². The van der Waals surface area contributed by atoms with Crippen molar-refractivity contribution < 1.29 is 0 Å². The van der Waals surface area contributed by atoms with Crippen LogP contribution in [0.5, 0.6) is 0 Å². The van der Waals surface area contributed by atoms with Gasteiger partial charge in [0.15, 0.2) is 5.65 Å². The molecule has 3 heterocycles. The van der Waals surface area contributed by atoms with Gasteiger partial charge in [0.1, 0.15) is 12.2 Å². The van der Waals surface area contributed by atoms with E-state index < -0.39 is 0 Å². The molecule has 1 atom stereocenters. The number of rotatable bonds is 2. The summed E-state index contributed by atoms with van der Waals surface area (Å²) in [6.45, 7) is 1.12. The minimum atomic E-state index is 0.553. The molecule has 0 amide bonds. The number of aromatic nitrogens is 4. The fourth-order valence-corrected chi connectivity index (χ4v) is 2.08. The van der Waals surface area contributed by atoms with E-state index in [1.54, 1.807) is 12.5 Å². The predicted molar refractivity (Wildman–Crippen MR) is 55.5 cm³/mol. The summed E-state index contributed by atoms with van der Waals surface area (Å²) in [6.07, 6.45) is 6.95.